The number of para-hydroxylation sites is 1. The maximum Gasteiger partial charge on any atom is 0.256 e. The van der Waals surface area contributed by atoms with Crippen molar-refractivity contribution < 1.29 is 4.79 Å². The van der Waals surface area contributed by atoms with Crippen LogP contribution in [0.5, 0.6) is 0 Å². The molecule has 3 N–H and O–H groups in total. The third-order valence-corrected chi connectivity index (χ3v) is 4.68. The molecule has 2 aromatic carbocycles. The van der Waals surface area contributed by atoms with Crippen molar-refractivity contribution >= 4 is 28.3 Å². The number of anilines is 2. The summed E-state index contributed by atoms with van der Waals surface area (Å²) in [6.07, 6.45) is 4.71. The second-order valence-corrected chi connectivity index (χ2v) is 6.79. The van der Waals surface area contributed by atoms with E-state index in [4.69, 9.17) is 0 Å². The van der Waals surface area contributed by atoms with Crippen LogP contribution in [0.1, 0.15) is 21.5 Å². The van der Waals surface area contributed by atoms with Gasteiger partial charge in [0.05, 0.1) is 11.9 Å². The molecular formula is C23H22N4O. The van der Waals surface area contributed by atoms with Gasteiger partial charge in [-0.05, 0) is 49.2 Å². The Bertz CT molecular complexity index is 1100. The number of hydrogen-bond acceptors (Lipinski definition) is 3. The van der Waals surface area contributed by atoms with Crippen LogP contribution in [0.4, 0.5) is 11.5 Å². The minimum Gasteiger partial charge on any atom is -0.383 e. The lowest BCUT2D eigenvalue weighted by Crippen LogP contribution is -2.13. The number of pyridine rings is 1. The van der Waals surface area contributed by atoms with Crippen LogP contribution in [0.25, 0.3) is 10.9 Å². The van der Waals surface area contributed by atoms with Gasteiger partial charge in [0.15, 0.2) is 0 Å². The third kappa shape index (κ3) is 4.04. The second-order valence-electron chi connectivity index (χ2n) is 6.79. The number of nitrogens with zero attached hydrogens (tertiary/aromatic N) is 1. The summed E-state index contributed by atoms with van der Waals surface area (Å²) in [5.74, 6) is 0.380. The molecule has 0 aliphatic rings. The molecule has 0 saturated carbocycles. The summed E-state index contributed by atoms with van der Waals surface area (Å²) in [6, 6.07) is 19.5. The first-order chi connectivity index (χ1) is 13.7. The molecule has 0 radical (unpaired) electrons. The highest BCUT2D eigenvalue weighted by atomic mass is 16.1. The van der Waals surface area contributed by atoms with Crippen LogP contribution in [0.15, 0.2) is 73.1 Å². The van der Waals surface area contributed by atoms with E-state index in [0.717, 1.165) is 29.7 Å². The summed E-state index contributed by atoms with van der Waals surface area (Å²) in [6.45, 7) is 2.77. The number of H-pyrrole nitrogens is 1. The van der Waals surface area contributed by atoms with Crippen LogP contribution in [-0.4, -0.2) is 22.4 Å². The minimum absolute atomic E-state index is 0.156. The van der Waals surface area contributed by atoms with Crippen molar-refractivity contribution in [2.24, 2.45) is 0 Å². The first kappa shape index (κ1) is 17.8. The van der Waals surface area contributed by atoms with Gasteiger partial charge in [-0.25, -0.2) is 4.98 Å². The lowest BCUT2D eigenvalue weighted by molar-refractivity contribution is 0.102. The van der Waals surface area contributed by atoms with Crippen molar-refractivity contribution in [3.05, 3.63) is 89.7 Å². The van der Waals surface area contributed by atoms with E-state index >= 15 is 0 Å². The van der Waals surface area contributed by atoms with Gasteiger partial charge in [-0.1, -0.05) is 35.9 Å². The molecule has 4 aromatic rings. The Labute approximate surface area is 163 Å². The summed E-state index contributed by atoms with van der Waals surface area (Å²) in [4.78, 5) is 19.9. The molecule has 0 spiro atoms. The van der Waals surface area contributed by atoms with Crippen molar-refractivity contribution in [1.82, 2.24) is 9.97 Å². The number of aromatic amines is 1. The fraction of sp³-hybridized carbons (Fsp3) is 0.130. The zero-order valence-corrected chi connectivity index (χ0v) is 15.7. The van der Waals surface area contributed by atoms with Crippen LogP contribution < -0.4 is 10.6 Å². The lowest BCUT2D eigenvalue weighted by atomic mass is 10.1. The van der Waals surface area contributed by atoms with E-state index < -0.39 is 0 Å². The van der Waals surface area contributed by atoms with E-state index in [2.05, 4.69) is 45.0 Å². The number of rotatable bonds is 6. The van der Waals surface area contributed by atoms with E-state index in [0.29, 0.717) is 11.4 Å². The molecule has 5 heteroatoms. The molecule has 0 atom stereocenters. The number of hydrogen-bond donors (Lipinski definition) is 3. The maximum absolute atomic E-state index is 12.3. The van der Waals surface area contributed by atoms with E-state index in [1.165, 1.54) is 10.9 Å². The third-order valence-electron chi connectivity index (χ3n) is 4.68. The predicted octanol–water partition coefficient (Wildman–Crippen LogP) is 4.78. The van der Waals surface area contributed by atoms with E-state index in [1.54, 1.807) is 12.3 Å². The number of nitrogens with one attached hydrogen (secondary N) is 3. The normalized spacial score (nSPS) is 10.8. The number of carbonyl (C=O) groups excluding carboxylic acids is 1. The quantitative estimate of drug-likeness (QED) is 0.457. The van der Waals surface area contributed by atoms with Crippen molar-refractivity contribution in [2.45, 2.75) is 13.3 Å². The monoisotopic (exact) mass is 370 g/mol. The molecule has 0 aliphatic carbocycles. The van der Waals surface area contributed by atoms with Gasteiger partial charge in [-0.15, -0.1) is 0 Å². The summed E-state index contributed by atoms with van der Waals surface area (Å²) < 4.78 is 0. The zero-order chi connectivity index (χ0) is 19.3. The molecule has 0 bridgehead atoms. The van der Waals surface area contributed by atoms with Crippen LogP contribution in [0.3, 0.4) is 0 Å². The Hall–Kier alpha value is -3.60. The molecule has 0 fully saturated rings. The van der Waals surface area contributed by atoms with Gasteiger partial charge in [-0.3, -0.25) is 4.79 Å². The summed E-state index contributed by atoms with van der Waals surface area (Å²) >= 11 is 0. The SMILES string of the molecule is Cc1cccc(C(=O)Nc2ccc(NCCc3c[nH]c4ccccc34)cn2)c1. The Kier molecular flexibility index (Phi) is 5.06. The number of aromatic nitrogens is 2. The lowest BCUT2D eigenvalue weighted by Gasteiger charge is -2.08. The standard InChI is InChI=1S/C23H22N4O/c1-16-5-4-6-17(13-16)23(28)27-22-10-9-19(15-26-22)24-12-11-18-14-25-21-8-3-2-7-20(18)21/h2-10,13-15,24-25H,11-12H2,1H3,(H,26,27,28). The number of fused-ring (bicyclic) bond motifs is 1. The van der Waals surface area contributed by atoms with Gasteiger partial charge in [0, 0.05) is 29.2 Å². The number of aryl methyl sites for hydroxylation is 1. The molecule has 0 saturated heterocycles. The van der Waals surface area contributed by atoms with Crippen LogP contribution >= 0.6 is 0 Å². The molecule has 0 unspecified atom stereocenters. The fourth-order valence-electron chi connectivity index (χ4n) is 3.23. The average molecular weight is 370 g/mol. The summed E-state index contributed by atoms with van der Waals surface area (Å²) in [7, 11) is 0. The summed E-state index contributed by atoms with van der Waals surface area (Å²) in [5.41, 5.74) is 5.05. The smallest absolute Gasteiger partial charge is 0.256 e. The molecule has 1 amide bonds. The van der Waals surface area contributed by atoms with E-state index in [9.17, 15) is 4.79 Å². The van der Waals surface area contributed by atoms with Crippen LogP contribution in [0, 0.1) is 6.92 Å². The van der Waals surface area contributed by atoms with Crippen LogP contribution in [-0.2, 0) is 6.42 Å². The average Bonchev–Trinajstić information content (AvgIpc) is 3.12. The summed E-state index contributed by atoms with van der Waals surface area (Å²) in [5, 5.41) is 7.47. The maximum atomic E-state index is 12.3. The largest absolute Gasteiger partial charge is 0.383 e. The molecule has 28 heavy (non-hydrogen) atoms. The number of carbonyl (C=O) groups is 1. The second kappa shape index (κ2) is 7.96. The van der Waals surface area contributed by atoms with Crippen molar-refractivity contribution in [2.75, 3.05) is 17.2 Å². The highest BCUT2D eigenvalue weighted by Gasteiger charge is 2.07. The first-order valence-corrected chi connectivity index (χ1v) is 9.32. The van der Waals surface area contributed by atoms with E-state index in [-0.39, 0.29) is 5.91 Å². The van der Waals surface area contributed by atoms with Crippen LogP contribution in [0.2, 0.25) is 0 Å². The van der Waals surface area contributed by atoms with Gasteiger partial charge in [0.2, 0.25) is 0 Å². The van der Waals surface area contributed by atoms with Crippen molar-refractivity contribution in [1.29, 1.82) is 0 Å². The number of benzene rings is 2. The Morgan fingerprint density at radius 3 is 2.79 bits per heavy atom. The van der Waals surface area contributed by atoms with Gasteiger partial charge < -0.3 is 15.6 Å². The fourth-order valence-corrected chi connectivity index (χ4v) is 3.23. The van der Waals surface area contributed by atoms with Gasteiger partial charge >= 0.3 is 0 Å². The molecular weight excluding hydrogens is 348 g/mol. The van der Waals surface area contributed by atoms with Gasteiger partial charge in [0.1, 0.15) is 5.82 Å². The molecule has 0 aliphatic heterocycles. The molecule has 5 nitrogen and oxygen atoms in total. The topological polar surface area (TPSA) is 69.8 Å². The molecule has 2 heterocycles. The highest BCUT2D eigenvalue weighted by Crippen LogP contribution is 2.18. The Balaban J connectivity index is 1.32. The van der Waals surface area contributed by atoms with E-state index in [1.807, 2.05) is 43.3 Å². The van der Waals surface area contributed by atoms with Crippen molar-refractivity contribution in [3.63, 3.8) is 0 Å². The first-order valence-electron chi connectivity index (χ1n) is 9.32. The Morgan fingerprint density at radius 1 is 1.07 bits per heavy atom. The Morgan fingerprint density at radius 2 is 1.96 bits per heavy atom. The van der Waals surface area contributed by atoms with Crippen molar-refractivity contribution in [3.8, 4) is 0 Å². The molecule has 4 rings (SSSR count). The molecule has 2 aromatic heterocycles. The minimum atomic E-state index is -0.156. The van der Waals surface area contributed by atoms with Gasteiger partial charge in [0.25, 0.3) is 5.91 Å². The van der Waals surface area contributed by atoms with Gasteiger partial charge in [-0.2, -0.15) is 0 Å². The zero-order valence-electron chi connectivity index (χ0n) is 15.7. The number of amides is 1. The predicted molar refractivity (Wildman–Crippen MR) is 114 cm³/mol. The molecule has 140 valence electrons. The highest BCUT2D eigenvalue weighted by molar-refractivity contribution is 6.03.